The zero-order valence-corrected chi connectivity index (χ0v) is 9.40. The molecule has 0 saturated carbocycles. The van der Waals surface area contributed by atoms with E-state index >= 15 is 0 Å². The molecule has 0 bridgehead atoms. The van der Waals surface area contributed by atoms with Gasteiger partial charge in [-0.15, -0.1) is 0 Å². The normalized spacial score (nSPS) is 12.2. The highest BCUT2D eigenvalue weighted by Crippen LogP contribution is 1.97. The van der Waals surface area contributed by atoms with E-state index < -0.39 is 23.8 Å². The number of amides is 2. The summed E-state index contributed by atoms with van der Waals surface area (Å²) in [5.74, 6) is -2.16. The molecular formula is C9H17N3O4. The van der Waals surface area contributed by atoms with E-state index in [-0.39, 0.29) is 19.4 Å². The summed E-state index contributed by atoms with van der Waals surface area (Å²) < 4.78 is 0. The Morgan fingerprint density at radius 1 is 1.38 bits per heavy atom. The van der Waals surface area contributed by atoms with Crippen LogP contribution < -0.4 is 11.1 Å². The molecular weight excluding hydrogens is 214 g/mol. The Labute approximate surface area is 93.6 Å². The number of carboxylic acid groups (broad SMARTS) is 1. The zero-order chi connectivity index (χ0) is 12.7. The van der Waals surface area contributed by atoms with Crippen molar-refractivity contribution >= 4 is 17.8 Å². The van der Waals surface area contributed by atoms with E-state index in [1.165, 1.54) is 0 Å². The van der Waals surface area contributed by atoms with Crippen LogP contribution in [0.2, 0.25) is 0 Å². The van der Waals surface area contributed by atoms with Gasteiger partial charge >= 0.3 is 5.97 Å². The predicted molar refractivity (Wildman–Crippen MR) is 56.5 cm³/mol. The van der Waals surface area contributed by atoms with Crippen molar-refractivity contribution in [3.05, 3.63) is 0 Å². The molecule has 0 radical (unpaired) electrons. The second kappa shape index (κ2) is 6.78. The standard InChI is InChI=1S/C9H17N3O4/c1-12(2)5-8(14)11-6(9(15)16)3-4-7(10)13/h6H,3-5H2,1-2H3,(H2,10,13)(H,11,14)(H,15,16)/t6-/m0/s1. The first-order valence-electron chi connectivity index (χ1n) is 4.78. The fourth-order valence-electron chi connectivity index (χ4n) is 1.07. The molecule has 92 valence electrons. The summed E-state index contributed by atoms with van der Waals surface area (Å²) in [5, 5.41) is 11.1. The Hall–Kier alpha value is -1.63. The lowest BCUT2D eigenvalue weighted by atomic mass is 10.1. The fraction of sp³-hybridized carbons (Fsp3) is 0.667. The zero-order valence-electron chi connectivity index (χ0n) is 9.40. The maximum Gasteiger partial charge on any atom is 0.326 e. The van der Waals surface area contributed by atoms with Crippen molar-refractivity contribution in [1.29, 1.82) is 0 Å². The number of aliphatic carboxylic acids is 1. The van der Waals surface area contributed by atoms with Gasteiger partial charge < -0.3 is 21.1 Å². The van der Waals surface area contributed by atoms with Gasteiger partial charge in [-0.1, -0.05) is 0 Å². The van der Waals surface area contributed by atoms with Crippen LogP contribution in [0.4, 0.5) is 0 Å². The maximum absolute atomic E-state index is 11.3. The predicted octanol–water partition coefficient (Wildman–Crippen LogP) is -1.62. The number of rotatable bonds is 7. The van der Waals surface area contributed by atoms with Crippen LogP contribution in [0, 0.1) is 0 Å². The summed E-state index contributed by atoms with van der Waals surface area (Å²) in [4.78, 5) is 34.1. The third kappa shape index (κ3) is 6.77. The number of likely N-dealkylation sites (N-methyl/N-ethyl adjacent to an activating group) is 1. The van der Waals surface area contributed by atoms with Gasteiger partial charge in [0.05, 0.1) is 6.54 Å². The van der Waals surface area contributed by atoms with E-state index in [2.05, 4.69) is 5.32 Å². The van der Waals surface area contributed by atoms with Crippen molar-refractivity contribution < 1.29 is 19.5 Å². The monoisotopic (exact) mass is 231 g/mol. The van der Waals surface area contributed by atoms with Gasteiger partial charge in [0.2, 0.25) is 11.8 Å². The van der Waals surface area contributed by atoms with Crippen molar-refractivity contribution in [2.45, 2.75) is 18.9 Å². The highest BCUT2D eigenvalue weighted by molar-refractivity contribution is 5.85. The third-order valence-corrected chi connectivity index (χ3v) is 1.77. The van der Waals surface area contributed by atoms with Gasteiger partial charge in [0.25, 0.3) is 0 Å². The van der Waals surface area contributed by atoms with Gasteiger partial charge in [-0.25, -0.2) is 4.79 Å². The molecule has 0 aliphatic heterocycles. The average molecular weight is 231 g/mol. The molecule has 7 heteroatoms. The second-order valence-electron chi connectivity index (χ2n) is 3.70. The summed E-state index contributed by atoms with van der Waals surface area (Å²) in [6, 6.07) is -1.07. The fourth-order valence-corrected chi connectivity index (χ4v) is 1.07. The first kappa shape index (κ1) is 14.4. The van der Waals surface area contributed by atoms with Crippen LogP contribution in [0.1, 0.15) is 12.8 Å². The topological polar surface area (TPSA) is 113 Å². The van der Waals surface area contributed by atoms with Crippen molar-refractivity contribution in [3.63, 3.8) is 0 Å². The summed E-state index contributed by atoms with van der Waals surface area (Å²) >= 11 is 0. The Kier molecular flexibility index (Phi) is 6.09. The van der Waals surface area contributed by atoms with Crippen molar-refractivity contribution in [2.24, 2.45) is 5.73 Å². The maximum atomic E-state index is 11.3. The molecule has 0 unspecified atom stereocenters. The van der Waals surface area contributed by atoms with Crippen LogP contribution in [0.25, 0.3) is 0 Å². The molecule has 0 aromatic carbocycles. The summed E-state index contributed by atoms with van der Waals surface area (Å²) in [6.07, 6.45) is -0.0664. The van der Waals surface area contributed by atoms with Gasteiger partial charge in [0.15, 0.2) is 0 Å². The molecule has 7 nitrogen and oxygen atoms in total. The van der Waals surface area contributed by atoms with Gasteiger partial charge in [-0.3, -0.25) is 9.59 Å². The quantitative estimate of drug-likeness (QED) is 0.487. The van der Waals surface area contributed by atoms with Crippen LogP contribution in [-0.2, 0) is 14.4 Å². The number of nitrogens with zero attached hydrogens (tertiary/aromatic N) is 1. The van der Waals surface area contributed by atoms with Crippen LogP contribution in [0.5, 0.6) is 0 Å². The van der Waals surface area contributed by atoms with Crippen molar-refractivity contribution in [2.75, 3.05) is 20.6 Å². The molecule has 0 heterocycles. The SMILES string of the molecule is CN(C)CC(=O)N[C@@H](CCC(N)=O)C(=O)O. The molecule has 2 amide bonds. The number of carbonyl (C=O) groups is 3. The largest absolute Gasteiger partial charge is 0.480 e. The molecule has 0 aliphatic rings. The number of nitrogens with two attached hydrogens (primary N) is 1. The van der Waals surface area contributed by atoms with E-state index in [0.717, 1.165) is 0 Å². The molecule has 16 heavy (non-hydrogen) atoms. The van der Waals surface area contributed by atoms with Gasteiger partial charge in [-0.2, -0.15) is 0 Å². The highest BCUT2D eigenvalue weighted by Gasteiger charge is 2.20. The minimum atomic E-state index is -1.17. The van der Waals surface area contributed by atoms with E-state index in [1.807, 2.05) is 0 Å². The Morgan fingerprint density at radius 3 is 2.31 bits per heavy atom. The molecule has 4 N–H and O–H groups in total. The van der Waals surface area contributed by atoms with E-state index in [4.69, 9.17) is 10.8 Å². The summed E-state index contributed by atoms with van der Waals surface area (Å²) in [7, 11) is 3.39. The summed E-state index contributed by atoms with van der Waals surface area (Å²) in [5.41, 5.74) is 4.90. The second-order valence-corrected chi connectivity index (χ2v) is 3.70. The van der Waals surface area contributed by atoms with Gasteiger partial charge in [-0.05, 0) is 20.5 Å². The molecule has 0 fully saturated rings. The minimum absolute atomic E-state index is 0.00380. The third-order valence-electron chi connectivity index (χ3n) is 1.77. The molecule has 0 aromatic rings. The molecule has 0 rings (SSSR count). The van der Waals surface area contributed by atoms with Gasteiger partial charge in [0.1, 0.15) is 6.04 Å². The van der Waals surface area contributed by atoms with E-state index in [0.29, 0.717) is 0 Å². The number of carboxylic acids is 1. The van der Waals surface area contributed by atoms with E-state index in [1.54, 1.807) is 19.0 Å². The summed E-state index contributed by atoms with van der Waals surface area (Å²) in [6.45, 7) is 0.0976. The van der Waals surface area contributed by atoms with Crippen molar-refractivity contribution in [1.82, 2.24) is 10.2 Å². The molecule has 0 aliphatic carbocycles. The number of primary amides is 1. The Morgan fingerprint density at radius 2 is 1.94 bits per heavy atom. The smallest absolute Gasteiger partial charge is 0.326 e. The highest BCUT2D eigenvalue weighted by atomic mass is 16.4. The lowest BCUT2D eigenvalue weighted by Crippen LogP contribution is -2.44. The number of nitrogens with one attached hydrogen (secondary N) is 1. The number of carbonyl (C=O) groups excluding carboxylic acids is 2. The first-order valence-corrected chi connectivity index (χ1v) is 4.78. The Balaban J connectivity index is 4.17. The average Bonchev–Trinajstić information content (AvgIpc) is 2.09. The lowest BCUT2D eigenvalue weighted by Gasteiger charge is -2.15. The molecule has 0 spiro atoms. The Bertz CT molecular complexity index is 278. The van der Waals surface area contributed by atoms with Crippen LogP contribution >= 0.6 is 0 Å². The minimum Gasteiger partial charge on any atom is -0.480 e. The van der Waals surface area contributed by atoms with Crippen LogP contribution in [0.3, 0.4) is 0 Å². The van der Waals surface area contributed by atoms with Crippen LogP contribution in [-0.4, -0.2) is 54.5 Å². The van der Waals surface area contributed by atoms with E-state index in [9.17, 15) is 14.4 Å². The van der Waals surface area contributed by atoms with Crippen molar-refractivity contribution in [3.8, 4) is 0 Å². The first-order chi connectivity index (χ1) is 7.32. The lowest BCUT2D eigenvalue weighted by molar-refractivity contribution is -0.142. The number of hydrogen-bond acceptors (Lipinski definition) is 4. The number of hydrogen-bond donors (Lipinski definition) is 3. The van der Waals surface area contributed by atoms with Gasteiger partial charge in [0, 0.05) is 6.42 Å². The molecule has 1 atom stereocenters. The van der Waals surface area contributed by atoms with Crippen LogP contribution in [0.15, 0.2) is 0 Å². The molecule has 0 aromatic heterocycles. The molecule has 0 saturated heterocycles.